The number of piperidine rings is 1. The van der Waals surface area contributed by atoms with E-state index in [-0.39, 0.29) is 5.91 Å². The summed E-state index contributed by atoms with van der Waals surface area (Å²) in [6.07, 6.45) is 2.38. The fraction of sp³-hybridized carbons (Fsp3) is 0.500. The number of rotatable bonds is 4. The summed E-state index contributed by atoms with van der Waals surface area (Å²) in [5.74, 6) is 0.247. The molecule has 5 heteroatoms. The van der Waals surface area contributed by atoms with Gasteiger partial charge in [0.05, 0.1) is 11.3 Å². The van der Waals surface area contributed by atoms with Crippen LogP contribution in [0.1, 0.15) is 23.2 Å². The zero-order chi connectivity index (χ0) is 13.8. The van der Waals surface area contributed by atoms with E-state index in [9.17, 15) is 4.79 Å². The second-order valence-corrected chi connectivity index (χ2v) is 5.86. The summed E-state index contributed by atoms with van der Waals surface area (Å²) < 4.78 is 0.772. The maximum Gasteiger partial charge on any atom is 0.251 e. The van der Waals surface area contributed by atoms with Gasteiger partial charge in [0.2, 0.25) is 0 Å². The van der Waals surface area contributed by atoms with E-state index in [1.54, 1.807) is 0 Å². The van der Waals surface area contributed by atoms with Gasteiger partial charge in [-0.3, -0.25) is 4.79 Å². The van der Waals surface area contributed by atoms with Crippen LogP contribution in [0.3, 0.4) is 0 Å². The highest BCUT2D eigenvalue weighted by atomic mass is 79.9. The van der Waals surface area contributed by atoms with Gasteiger partial charge in [-0.15, -0.1) is 0 Å². The van der Waals surface area contributed by atoms with E-state index in [0.717, 1.165) is 36.2 Å². The van der Waals surface area contributed by atoms with Crippen LogP contribution in [0.15, 0.2) is 22.7 Å². The molecule has 0 saturated carbocycles. The lowest BCUT2D eigenvalue weighted by molar-refractivity contribution is 0.1000. The van der Waals surface area contributed by atoms with E-state index in [4.69, 9.17) is 5.73 Å². The summed E-state index contributed by atoms with van der Waals surface area (Å²) in [7, 11) is 1.98. The van der Waals surface area contributed by atoms with Gasteiger partial charge >= 0.3 is 0 Å². The third-order valence-corrected chi connectivity index (χ3v) is 4.25. The van der Waals surface area contributed by atoms with Crippen molar-refractivity contribution in [2.75, 3.05) is 31.6 Å². The van der Waals surface area contributed by atoms with Crippen molar-refractivity contribution in [2.24, 2.45) is 11.7 Å². The number of nitrogens with two attached hydrogens (primary N) is 1. The lowest BCUT2D eigenvalue weighted by Gasteiger charge is -2.35. The molecule has 0 bridgehead atoms. The Morgan fingerprint density at radius 2 is 2.37 bits per heavy atom. The van der Waals surface area contributed by atoms with Crippen molar-refractivity contribution in [1.29, 1.82) is 0 Å². The van der Waals surface area contributed by atoms with Gasteiger partial charge in [-0.2, -0.15) is 0 Å². The van der Waals surface area contributed by atoms with Crippen LogP contribution in [0.5, 0.6) is 0 Å². The molecule has 19 heavy (non-hydrogen) atoms. The molecule has 2 rings (SSSR count). The number of nitrogens with one attached hydrogen (secondary N) is 1. The molecule has 0 aliphatic carbocycles. The van der Waals surface area contributed by atoms with E-state index in [2.05, 4.69) is 26.1 Å². The Morgan fingerprint density at radius 3 is 3.05 bits per heavy atom. The van der Waals surface area contributed by atoms with Crippen LogP contribution in [0.4, 0.5) is 5.69 Å². The van der Waals surface area contributed by atoms with Crippen LogP contribution in [-0.4, -0.2) is 32.6 Å². The SMILES string of the molecule is CNCC1CCCN(c2cccc(Br)c2C(N)=O)C1. The first kappa shape index (κ1) is 14.3. The van der Waals surface area contributed by atoms with Crippen LogP contribution in [0, 0.1) is 5.92 Å². The molecule has 1 atom stereocenters. The molecule has 1 aliphatic heterocycles. The third-order valence-electron chi connectivity index (χ3n) is 3.59. The molecule has 0 aromatic heterocycles. The molecule has 1 aliphatic rings. The minimum atomic E-state index is -0.377. The summed E-state index contributed by atoms with van der Waals surface area (Å²) in [6.45, 7) is 2.96. The number of carbonyl (C=O) groups is 1. The molecule has 0 radical (unpaired) electrons. The second-order valence-electron chi connectivity index (χ2n) is 5.01. The van der Waals surface area contributed by atoms with Gasteiger partial charge in [0, 0.05) is 17.6 Å². The molecule has 1 amide bonds. The molecule has 1 fully saturated rings. The summed E-state index contributed by atoms with van der Waals surface area (Å²) in [4.78, 5) is 13.9. The van der Waals surface area contributed by atoms with Gasteiger partial charge in [-0.25, -0.2) is 0 Å². The minimum absolute atomic E-state index is 0.377. The molecule has 1 saturated heterocycles. The Balaban J connectivity index is 2.26. The number of anilines is 1. The molecule has 3 N–H and O–H groups in total. The van der Waals surface area contributed by atoms with Crippen LogP contribution in [0.2, 0.25) is 0 Å². The van der Waals surface area contributed by atoms with Gasteiger partial charge < -0.3 is 16.0 Å². The van der Waals surface area contributed by atoms with E-state index in [0.29, 0.717) is 11.5 Å². The number of amides is 1. The largest absolute Gasteiger partial charge is 0.371 e. The molecule has 1 heterocycles. The predicted molar refractivity (Wildman–Crippen MR) is 81.5 cm³/mol. The maximum atomic E-state index is 11.6. The highest BCUT2D eigenvalue weighted by molar-refractivity contribution is 9.10. The zero-order valence-electron chi connectivity index (χ0n) is 11.2. The molecule has 1 aromatic rings. The number of primary amides is 1. The lowest BCUT2D eigenvalue weighted by atomic mass is 9.96. The smallest absolute Gasteiger partial charge is 0.251 e. The number of benzene rings is 1. The normalized spacial score (nSPS) is 19.5. The Morgan fingerprint density at radius 1 is 1.58 bits per heavy atom. The summed E-state index contributed by atoms with van der Waals surface area (Å²) in [6, 6.07) is 5.79. The van der Waals surface area contributed by atoms with E-state index < -0.39 is 0 Å². The summed E-state index contributed by atoms with van der Waals surface area (Å²) in [5.41, 5.74) is 7.04. The van der Waals surface area contributed by atoms with Gasteiger partial charge in [-0.1, -0.05) is 6.07 Å². The number of hydrogen-bond donors (Lipinski definition) is 2. The second kappa shape index (κ2) is 6.39. The number of hydrogen-bond acceptors (Lipinski definition) is 3. The van der Waals surface area contributed by atoms with Crippen molar-refractivity contribution >= 4 is 27.5 Å². The molecule has 1 aromatic carbocycles. The maximum absolute atomic E-state index is 11.6. The zero-order valence-corrected chi connectivity index (χ0v) is 12.7. The first-order valence-corrected chi connectivity index (χ1v) is 7.40. The van der Waals surface area contributed by atoms with Crippen molar-refractivity contribution in [3.8, 4) is 0 Å². The standard InChI is InChI=1S/C14H20BrN3O/c1-17-8-10-4-3-7-18(9-10)12-6-2-5-11(15)13(12)14(16)19/h2,5-6,10,17H,3-4,7-9H2,1H3,(H2,16,19). The fourth-order valence-corrected chi connectivity index (χ4v) is 3.31. The van der Waals surface area contributed by atoms with Crippen molar-refractivity contribution in [1.82, 2.24) is 5.32 Å². The van der Waals surface area contributed by atoms with Gasteiger partial charge in [0.1, 0.15) is 0 Å². The van der Waals surface area contributed by atoms with E-state index in [1.807, 2.05) is 25.2 Å². The van der Waals surface area contributed by atoms with E-state index in [1.165, 1.54) is 6.42 Å². The molecule has 1 unspecified atom stereocenters. The van der Waals surface area contributed by atoms with Crippen molar-refractivity contribution in [3.05, 3.63) is 28.2 Å². The van der Waals surface area contributed by atoms with E-state index >= 15 is 0 Å². The van der Waals surface area contributed by atoms with Crippen molar-refractivity contribution in [3.63, 3.8) is 0 Å². The Hall–Kier alpha value is -1.07. The first-order chi connectivity index (χ1) is 9.13. The summed E-state index contributed by atoms with van der Waals surface area (Å²) in [5, 5.41) is 3.23. The third kappa shape index (κ3) is 3.28. The van der Waals surface area contributed by atoms with Gasteiger partial charge in [0.25, 0.3) is 5.91 Å². The van der Waals surface area contributed by atoms with Crippen LogP contribution in [0.25, 0.3) is 0 Å². The van der Waals surface area contributed by atoms with Gasteiger partial charge in [-0.05, 0) is 60.4 Å². The monoisotopic (exact) mass is 325 g/mol. The van der Waals surface area contributed by atoms with Gasteiger partial charge in [0.15, 0.2) is 0 Å². The molecule has 4 nitrogen and oxygen atoms in total. The average Bonchev–Trinajstić information content (AvgIpc) is 2.38. The lowest BCUT2D eigenvalue weighted by Crippen LogP contribution is -2.40. The van der Waals surface area contributed by atoms with Crippen LogP contribution in [-0.2, 0) is 0 Å². The number of carbonyl (C=O) groups excluding carboxylic acids is 1. The van der Waals surface area contributed by atoms with Crippen molar-refractivity contribution < 1.29 is 4.79 Å². The topological polar surface area (TPSA) is 58.4 Å². The van der Waals surface area contributed by atoms with Crippen LogP contribution >= 0.6 is 15.9 Å². The Labute approximate surface area is 122 Å². The first-order valence-electron chi connectivity index (χ1n) is 6.61. The molecular weight excluding hydrogens is 306 g/mol. The number of nitrogens with zero attached hydrogens (tertiary/aromatic N) is 1. The highest BCUT2D eigenvalue weighted by Crippen LogP contribution is 2.30. The van der Waals surface area contributed by atoms with Crippen LogP contribution < -0.4 is 16.0 Å². The molecule has 104 valence electrons. The Bertz CT molecular complexity index is 462. The predicted octanol–water partition coefficient (Wildman–Crippen LogP) is 1.98. The molecular formula is C14H20BrN3O. The average molecular weight is 326 g/mol. The Kier molecular flexibility index (Phi) is 4.82. The highest BCUT2D eigenvalue weighted by Gasteiger charge is 2.23. The number of halogens is 1. The van der Waals surface area contributed by atoms with Crippen molar-refractivity contribution in [2.45, 2.75) is 12.8 Å². The minimum Gasteiger partial charge on any atom is -0.371 e. The summed E-state index contributed by atoms with van der Waals surface area (Å²) >= 11 is 3.42. The fourth-order valence-electron chi connectivity index (χ4n) is 2.76. The quantitative estimate of drug-likeness (QED) is 0.890. The molecule has 0 spiro atoms.